The highest BCUT2D eigenvalue weighted by atomic mass is 19.1. The van der Waals surface area contributed by atoms with Crippen molar-refractivity contribution in [2.24, 2.45) is 0 Å². The van der Waals surface area contributed by atoms with Crippen LogP contribution in [-0.2, 0) is 0 Å². The van der Waals surface area contributed by atoms with Gasteiger partial charge in [-0.2, -0.15) is 0 Å². The number of amides is 1. The molecule has 0 fully saturated rings. The van der Waals surface area contributed by atoms with Gasteiger partial charge < -0.3 is 4.90 Å². The molecule has 0 unspecified atom stereocenters. The molecule has 0 saturated heterocycles. The second-order valence-corrected chi connectivity index (χ2v) is 4.54. The van der Waals surface area contributed by atoms with Crippen molar-refractivity contribution < 1.29 is 9.18 Å². The lowest BCUT2D eigenvalue weighted by Gasteiger charge is -2.14. The molecule has 0 bridgehead atoms. The Morgan fingerprint density at radius 2 is 1.95 bits per heavy atom. The molecule has 0 radical (unpaired) electrons. The molecular formula is C15H15FN2O. The summed E-state index contributed by atoms with van der Waals surface area (Å²) in [6, 6.07) is 8.42. The summed E-state index contributed by atoms with van der Waals surface area (Å²) in [6.07, 6.45) is 1.56. The highest BCUT2D eigenvalue weighted by Gasteiger charge is 2.18. The molecule has 0 saturated carbocycles. The van der Waals surface area contributed by atoms with Gasteiger partial charge in [-0.3, -0.25) is 9.78 Å². The van der Waals surface area contributed by atoms with Crippen molar-refractivity contribution in [2.75, 3.05) is 14.1 Å². The maximum atomic E-state index is 14.2. The fourth-order valence-corrected chi connectivity index (χ4v) is 1.86. The number of hydrogen-bond acceptors (Lipinski definition) is 2. The van der Waals surface area contributed by atoms with E-state index < -0.39 is 0 Å². The Balaban J connectivity index is 2.63. The summed E-state index contributed by atoms with van der Waals surface area (Å²) in [5, 5.41) is 0. The highest BCUT2D eigenvalue weighted by Crippen LogP contribution is 2.26. The highest BCUT2D eigenvalue weighted by molar-refractivity contribution is 5.99. The maximum absolute atomic E-state index is 14.2. The van der Waals surface area contributed by atoms with Gasteiger partial charge in [0, 0.05) is 25.9 Å². The van der Waals surface area contributed by atoms with Crippen molar-refractivity contribution in [3.8, 4) is 11.3 Å². The zero-order valence-corrected chi connectivity index (χ0v) is 11.1. The van der Waals surface area contributed by atoms with E-state index in [-0.39, 0.29) is 11.7 Å². The van der Waals surface area contributed by atoms with E-state index in [9.17, 15) is 9.18 Å². The van der Waals surface area contributed by atoms with Gasteiger partial charge >= 0.3 is 0 Å². The Hall–Kier alpha value is -2.23. The van der Waals surface area contributed by atoms with Crippen LogP contribution in [0.4, 0.5) is 4.39 Å². The average Bonchev–Trinajstić information content (AvgIpc) is 2.41. The van der Waals surface area contributed by atoms with E-state index in [4.69, 9.17) is 0 Å². The molecule has 1 heterocycles. The van der Waals surface area contributed by atoms with Crippen LogP contribution in [0, 0.1) is 12.7 Å². The Labute approximate surface area is 111 Å². The topological polar surface area (TPSA) is 33.2 Å². The van der Waals surface area contributed by atoms with E-state index in [0.717, 1.165) is 0 Å². The summed E-state index contributed by atoms with van der Waals surface area (Å²) in [4.78, 5) is 17.7. The van der Waals surface area contributed by atoms with Gasteiger partial charge in [-0.25, -0.2) is 4.39 Å². The van der Waals surface area contributed by atoms with E-state index in [2.05, 4.69) is 4.98 Å². The number of rotatable bonds is 2. The van der Waals surface area contributed by atoms with Crippen LogP contribution < -0.4 is 0 Å². The SMILES string of the molecule is Cc1cccc(-c2ncccc2C(=O)N(C)C)c1F. The molecule has 1 amide bonds. The zero-order chi connectivity index (χ0) is 14.0. The Morgan fingerprint density at radius 1 is 1.21 bits per heavy atom. The molecule has 2 aromatic rings. The largest absolute Gasteiger partial charge is 0.345 e. The lowest BCUT2D eigenvalue weighted by Crippen LogP contribution is -2.22. The maximum Gasteiger partial charge on any atom is 0.255 e. The Bertz CT molecular complexity index is 623. The summed E-state index contributed by atoms with van der Waals surface area (Å²) in [5.74, 6) is -0.530. The number of aryl methyl sites for hydroxylation is 1. The molecule has 0 atom stereocenters. The van der Waals surface area contributed by atoms with Gasteiger partial charge in [-0.05, 0) is 30.7 Å². The molecule has 0 aliphatic heterocycles. The molecule has 98 valence electrons. The number of nitrogens with zero attached hydrogens (tertiary/aromatic N) is 2. The van der Waals surface area contributed by atoms with E-state index in [1.807, 2.05) is 0 Å². The van der Waals surface area contributed by atoms with Gasteiger partial charge in [-0.15, -0.1) is 0 Å². The fraction of sp³-hybridized carbons (Fsp3) is 0.200. The van der Waals surface area contributed by atoms with Crippen LogP contribution in [0.5, 0.6) is 0 Å². The minimum absolute atomic E-state index is 0.191. The van der Waals surface area contributed by atoms with Crippen molar-refractivity contribution in [3.63, 3.8) is 0 Å². The third-order valence-electron chi connectivity index (χ3n) is 2.89. The first-order valence-corrected chi connectivity index (χ1v) is 5.94. The predicted octanol–water partition coefficient (Wildman–Crippen LogP) is 2.90. The summed E-state index contributed by atoms with van der Waals surface area (Å²) < 4.78 is 14.2. The number of aromatic nitrogens is 1. The lowest BCUT2D eigenvalue weighted by molar-refractivity contribution is 0.0828. The van der Waals surface area contributed by atoms with Crippen molar-refractivity contribution in [1.29, 1.82) is 0 Å². The normalized spacial score (nSPS) is 10.3. The summed E-state index contributed by atoms with van der Waals surface area (Å²) in [5.41, 5.74) is 1.66. The molecule has 0 spiro atoms. The van der Waals surface area contributed by atoms with Gasteiger partial charge in [0.25, 0.3) is 5.91 Å². The minimum atomic E-state index is -0.339. The number of benzene rings is 1. The number of carbonyl (C=O) groups excluding carboxylic acids is 1. The first-order chi connectivity index (χ1) is 9.02. The Morgan fingerprint density at radius 3 is 2.63 bits per heavy atom. The average molecular weight is 258 g/mol. The molecule has 19 heavy (non-hydrogen) atoms. The van der Waals surface area contributed by atoms with Crippen LogP contribution in [0.15, 0.2) is 36.5 Å². The molecule has 3 nitrogen and oxygen atoms in total. The number of halogens is 1. The molecule has 1 aromatic carbocycles. The molecule has 0 N–H and O–H groups in total. The van der Waals surface area contributed by atoms with E-state index in [1.165, 1.54) is 4.90 Å². The third-order valence-corrected chi connectivity index (χ3v) is 2.89. The van der Waals surface area contributed by atoms with Crippen LogP contribution in [0.25, 0.3) is 11.3 Å². The third kappa shape index (κ3) is 2.47. The molecule has 4 heteroatoms. The monoisotopic (exact) mass is 258 g/mol. The summed E-state index contributed by atoms with van der Waals surface area (Å²) in [7, 11) is 3.32. The van der Waals surface area contributed by atoms with Gasteiger partial charge in [0.15, 0.2) is 0 Å². The van der Waals surface area contributed by atoms with Crippen molar-refractivity contribution in [1.82, 2.24) is 9.88 Å². The summed E-state index contributed by atoms with van der Waals surface area (Å²) in [6.45, 7) is 1.69. The van der Waals surface area contributed by atoms with E-state index >= 15 is 0 Å². The first kappa shape index (κ1) is 13.2. The summed E-state index contributed by atoms with van der Waals surface area (Å²) >= 11 is 0. The quantitative estimate of drug-likeness (QED) is 0.829. The van der Waals surface area contributed by atoms with Crippen LogP contribution >= 0.6 is 0 Å². The predicted molar refractivity (Wildman–Crippen MR) is 72.4 cm³/mol. The van der Waals surface area contributed by atoms with Crippen LogP contribution in [0.1, 0.15) is 15.9 Å². The van der Waals surface area contributed by atoms with Crippen LogP contribution in [-0.4, -0.2) is 29.9 Å². The number of pyridine rings is 1. The fourth-order valence-electron chi connectivity index (χ4n) is 1.86. The lowest BCUT2D eigenvalue weighted by atomic mass is 10.0. The molecular weight excluding hydrogens is 243 g/mol. The van der Waals surface area contributed by atoms with E-state index in [1.54, 1.807) is 57.5 Å². The number of hydrogen-bond donors (Lipinski definition) is 0. The molecule has 2 rings (SSSR count). The van der Waals surface area contributed by atoms with Gasteiger partial charge in [0.1, 0.15) is 5.82 Å². The van der Waals surface area contributed by atoms with Crippen molar-refractivity contribution in [2.45, 2.75) is 6.92 Å². The standard InChI is InChI=1S/C15H15FN2O/c1-10-6-4-7-11(13(10)16)14-12(8-5-9-17-14)15(19)18(2)3/h4-9H,1-3H3. The number of carbonyl (C=O) groups is 1. The van der Waals surface area contributed by atoms with Crippen molar-refractivity contribution in [3.05, 3.63) is 53.5 Å². The molecule has 1 aromatic heterocycles. The van der Waals surface area contributed by atoms with Crippen molar-refractivity contribution >= 4 is 5.91 Å². The second-order valence-electron chi connectivity index (χ2n) is 4.54. The van der Waals surface area contributed by atoms with Crippen LogP contribution in [0.2, 0.25) is 0 Å². The van der Waals surface area contributed by atoms with Gasteiger partial charge in [0.2, 0.25) is 0 Å². The van der Waals surface area contributed by atoms with Gasteiger partial charge in [-0.1, -0.05) is 12.1 Å². The minimum Gasteiger partial charge on any atom is -0.345 e. The smallest absolute Gasteiger partial charge is 0.255 e. The molecule has 0 aliphatic rings. The van der Waals surface area contributed by atoms with Gasteiger partial charge in [0.05, 0.1) is 11.3 Å². The zero-order valence-electron chi connectivity index (χ0n) is 11.1. The second kappa shape index (κ2) is 5.18. The van der Waals surface area contributed by atoms with E-state index in [0.29, 0.717) is 22.4 Å². The molecule has 0 aliphatic carbocycles. The van der Waals surface area contributed by atoms with Crippen LogP contribution in [0.3, 0.4) is 0 Å². The first-order valence-electron chi connectivity index (χ1n) is 5.94. The Kier molecular flexibility index (Phi) is 3.60.